The van der Waals surface area contributed by atoms with Gasteiger partial charge in [-0.2, -0.15) is 0 Å². The van der Waals surface area contributed by atoms with Crippen LogP contribution in [-0.2, 0) is 9.22 Å². The Morgan fingerprint density at radius 2 is 1.54 bits per heavy atom. The zero-order valence-electron chi connectivity index (χ0n) is 17.2. The molecule has 1 aliphatic carbocycles. The van der Waals surface area contributed by atoms with Crippen LogP contribution in [0.25, 0.3) is 0 Å². The summed E-state index contributed by atoms with van der Waals surface area (Å²) in [5, 5.41) is 11.8. The molecule has 3 nitrogen and oxygen atoms in total. The van der Waals surface area contributed by atoms with Gasteiger partial charge in [0, 0.05) is 17.6 Å². The van der Waals surface area contributed by atoms with Crippen LogP contribution in [-0.4, -0.2) is 26.0 Å². The molecule has 0 fully saturated rings. The smallest absolute Gasteiger partial charge is 0.331 e. The minimum atomic E-state index is -2.59. The van der Waals surface area contributed by atoms with E-state index >= 15 is 0 Å². The van der Waals surface area contributed by atoms with Crippen LogP contribution in [0.5, 0.6) is 0 Å². The number of carboxylic acids is 1. The molecular weight excluding hydrogens is 364 g/mol. The highest BCUT2D eigenvalue weighted by atomic mass is 28.4. The first-order valence-corrected chi connectivity index (χ1v) is 11.8. The van der Waals surface area contributed by atoms with Gasteiger partial charge >= 0.3 is 5.97 Å². The maximum atomic E-state index is 11.4. The molecule has 0 bridgehead atoms. The van der Waals surface area contributed by atoms with Gasteiger partial charge in [-0.3, -0.25) is 0 Å². The van der Waals surface area contributed by atoms with E-state index in [0.29, 0.717) is 18.6 Å². The van der Waals surface area contributed by atoms with Gasteiger partial charge in [0.25, 0.3) is 8.32 Å². The average molecular weight is 395 g/mol. The van der Waals surface area contributed by atoms with E-state index in [1.54, 1.807) is 0 Å². The Bertz CT molecular complexity index is 813. The molecule has 1 aliphatic rings. The van der Waals surface area contributed by atoms with Gasteiger partial charge in [0.15, 0.2) is 0 Å². The van der Waals surface area contributed by atoms with Gasteiger partial charge in [-0.15, -0.1) is 0 Å². The molecule has 0 saturated carbocycles. The average Bonchev–Trinajstić information content (AvgIpc) is 3.06. The second kappa shape index (κ2) is 7.68. The Balaban J connectivity index is 2.06. The highest BCUT2D eigenvalue weighted by Crippen LogP contribution is 2.41. The molecule has 1 atom stereocenters. The van der Waals surface area contributed by atoms with Crippen molar-refractivity contribution in [3.05, 3.63) is 72.3 Å². The van der Waals surface area contributed by atoms with Gasteiger partial charge in [0.2, 0.25) is 0 Å². The number of aliphatic carboxylic acids is 1. The van der Waals surface area contributed by atoms with Crippen LogP contribution in [0.15, 0.2) is 72.3 Å². The fourth-order valence-corrected chi connectivity index (χ4v) is 9.00. The van der Waals surface area contributed by atoms with Gasteiger partial charge in [-0.1, -0.05) is 94.4 Å². The summed E-state index contributed by atoms with van der Waals surface area (Å²) in [6.07, 6.45) is 3.33. The molecular formula is C24H30O3Si. The Morgan fingerprint density at radius 1 is 1.04 bits per heavy atom. The second-order valence-corrected chi connectivity index (χ2v) is 13.4. The monoisotopic (exact) mass is 394 g/mol. The predicted molar refractivity (Wildman–Crippen MR) is 117 cm³/mol. The summed E-state index contributed by atoms with van der Waals surface area (Å²) in [6.45, 7) is 9.41. The molecule has 0 saturated heterocycles. The van der Waals surface area contributed by atoms with E-state index in [2.05, 4.69) is 76.2 Å². The van der Waals surface area contributed by atoms with Crippen molar-refractivity contribution in [2.45, 2.75) is 45.6 Å². The standard InChI is InChI=1S/C24H30O3Si/c1-23(2,3)28(20-11-7-5-8-12-20,21-13-9-6-10-14-21)27-18-24(4)16-15-19(17-24)22(25)26/h5-14,17H,15-16,18H2,1-4H3,(H,25,26)/t24-/m0/s1. The van der Waals surface area contributed by atoms with E-state index in [-0.39, 0.29) is 10.5 Å². The minimum Gasteiger partial charge on any atom is -0.478 e. The first-order valence-electron chi connectivity index (χ1n) is 9.88. The lowest BCUT2D eigenvalue weighted by atomic mass is 9.92. The van der Waals surface area contributed by atoms with Crippen molar-refractivity contribution in [2.24, 2.45) is 5.41 Å². The SMILES string of the molecule is CC(C)(C)[Si](OC[C@]1(C)C=C(C(=O)O)CC1)(c1ccccc1)c1ccccc1. The molecule has 28 heavy (non-hydrogen) atoms. The number of hydrogen-bond acceptors (Lipinski definition) is 2. The molecule has 0 unspecified atom stereocenters. The molecule has 1 N–H and O–H groups in total. The number of hydrogen-bond donors (Lipinski definition) is 1. The normalized spacial score (nSPS) is 20.1. The molecule has 0 spiro atoms. The van der Waals surface area contributed by atoms with E-state index < -0.39 is 14.3 Å². The molecule has 3 rings (SSSR count). The summed E-state index contributed by atoms with van der Waals surface area (Å²) in [5.74, 6) is -0.811. The van der Waals surface area contributed by atoms with E-state index in [1.165, 1.54) is 10.4 Å². The Labute approximate surface area is 169 Å². The quantitative estimate of drug-likeness (QED) is 0.740. The van der Waals surface area contributed by atoms with Gasteiger partial charge in [0.1, 0.15) is 0 Å². The molecule has 0 heterocycles. The van der Waals surface area contributed by atoms with Crippen LogP contribution >= 0.6 is 0 Å². The second-order valence-electron chi connectivity index (χ2n) is 9.08. The molecule has 0 aromatic heterocycles. The van der Waals surface area contributed by atoms with Crippen LogP contribution in [0.2, 0.25) is 5.04 Å². The molecule has 4 heteroatoms. The third kappa shape index (κ3) is 3.84. The maximum absolute atomic E-state index is 11.4. The number of carbonyl (C=O) groups is 1. The van der Waals surface area contributed by atoms with Crippen LogP contribution in [0.1, 0.15) is 40.5 Å². The molecule has 2 aromatic rings. The first-order chi connectivity index (χ1) is 13.2. The van der Waals surface area contributed by atoms with Gasteiger partial charge in [-0.05, 0) is 28.3 Å². The largest absolute Gasteiger partial charge is 0.478 e. The predicted octanol–water partition coefficient (Wildman–Crippen LogP) is 4.37. The summed E-state index contributed by atoms with van der Waals surface area (Å²) in [6, 6.07) is 21.1. The van der Waals surface area contributed by atoms with Crippen molar-refractivity contribution in [1.29, 1.82) is 0 Å². The first kappa shape index (κ1) is 20.6. The van der Waals surface area contributed by atoms with E-state index in [0.717, 1.165) is 6.42 Å². The van der Waals surface area contributed by atoms with Gasteiger partial charge < -0.3 is 9.53 Å². The van der Waals surface area contributed by atoms with Crippen LogP contribution in [0.4, 0.5) is 0 Å². The summed E-state index contributed by atoms with van der Waals surface area (Å²) in [7, 11) is -2.59. The van der Waals surface area contributed by atoms with E-state index in [1.807, 2.05) is 18.2 Å². The number of benzene rings is 2. The zero-order valence-corrected chi connectivity index (χ0v) is 18.2. The van der Waals surface area contributed by atoms with Crippen molar-refractivity contribution < 1.29 is 14.3 Å². The fraction of sp³-hybridized carbons (Fsp3) is 0.375. The lowest BCUT2D eigenvalue weighted by Crippen LogP contribution is -2.67. The fourth-order valence-electron chi connectivity index (χ4n) is 4.30. The van der Waals surface area contributed by atoms with Crippen molar-refractivity contribution in [1.82, 2.24) is 0 Å². The summed E-state index contributed by atoms with van der Waals surface area (Å²) in [4.78, 5) is 11.4. The van der Waals surface area contributed by atoms with Crippen LogP contribution < -0.4 is 10.4 Å². The summed E-state index contributed by atoms with van der Waals surface area (Å²) in [5.41, 5.74) is 0.259. The Kier molecular flexibility index (Phi) is 5.64. The van der Waals surface area contributed by atoms with Crippen LogP contribution in [0.3, 0.4) is 0 Å². The Hall–Kier alpha value is -2.17. The summed E-state index contributed by atoms with van der Waals surface area (Å²) < 4.78 is 6.98. The number of rotatable bonds is 6. The topological polar surface area (TPSA) is 46.5 Å². The Morgan fingerprint density at radius 3 is 1.93 bits per heavy atom. The van der Waals surface area contributed by atoms with E-state index in [9.17, 15) is 9.90 Å². The van der Waals surface area contributed by atoms with Crippen molar-refractivity contribution >= 4 is 24.7 Å². The van der Waals surface area contributed by atoms with E-state index in [4.69, 9.17) is 4.43 Å². The third-order valence-corrected chi connectivity index (χ3v) is 10.8. The lowest BCUT2D eigenvalue weighted by Gasteiger charge is -2.44. The van der Waals surface area contributed by atoms with Crippen molar-refractivity contribution in [3.8, 4) is 0 Å². The number of carboxylic acid groups (broad SMARTS) is 1. The van der Waals surface area contributed by atoms with Gasteiger partial charge in [-0.25, -0.2) is 4.79 Å². The minimum absolute atomic E-state index is 0.0794. The maximum Gasteiger partial charge on any atom is 0.331 e. The molecule has 0 amide bonds. The molecule has 148 valence electrons. The lowest BCUT2D eigenvalue weighted by molar-refractivity contribution is -0.132. The molecule has 0 radical (unpaired) electrons. The molecule has 0 aliphatic heterocycles. The summed E-state index contributed by atoms with van der Waals surface area (Å²) >= 11 is 0. The highest BCUT2D eigenvalue weighted by Gasteiger charge is 2.51. The van der Waals surface area contributed by atoms with Crippen molar-refractivity contribution in [2.75, 3.05) is 6.61 Å². The molecule has 2 aromatic carbocycles. The van der Waals surface area contributed by atoms with Crippen molar-refractivity contribution in [3.63, 3.8) is 0 Å². The van der Waals surface area contributed by atoms with Crippen LogP contribution in [0, 0.1) is 5.41 Å². The zero-order chi connectivity index (χ0) is 20.4. The van der Waals surface area contributed by atoms with Gasteiger partial charge in [0.05, 0.1) is 0 Å². The third-order valence-electron chi connectivity index (χ3n) is 5.80. The highest BCUT2D eigenvalue weighted by molar-refractivity contribution is 6.99.